The molecule has 88 valence electrons. The first-order valence-corrected chi connectivity index (χ1v) is 5.79. The van der Waals surface area contributed by atoms with Crippen LogP contribution in [-0.4, -0.2) is 6.10 Å². The van der Waals surface area contributed by atoms with Crippen molar-refractivity contribution in [1.82, 2.24) is 0 Å². The lowest BCUT2D eigenvalue weighted by atomic mass is 10.1. The van der Waals surface area contributed by atoms with Gasteiger partial charge in [-0.25, -0.2) is 0 Å². The largest absolute Gasteiger partial charge is 0.358 e. The first-order chi connectivity index (χ1) is 7.74. The second-order valence-corrected chi connectivity index (χ2v) is 3.59. The van der Waals surface area contributed by atoms with Gasteiger partial charge in [0.05, 0.1) is 12.7 Å². The minimum absolute atomic E-state index is 0.240. The first-order valence-electron chi connectivity index (χ1n) is 5.79. The predicted molar refractivity (Wildman–Crippen MR) is 66.8 cm³/mol. The summed E-state index contributed by atoms with van der Waals surface area (Å²) in [4.78, 5) is 0. The summed E-state index contributed by atoms with van der Waals surface area (Å²) in [5, 5.41) is 8.80. The second kappa shape index (κ2) is 8.94. The average molecular weight is 219 g/mol. The summed E-state index contributed by atoms with van der Waals surface area (Å²) in [5.74, 6) is 0.240. The Hall–Kier alpha value is -1.33. The molecule has 1 atom stereocenters. The van der Waals surface area contributed by atoms with Crippen LogP contribution in [0.1, 0.15) is 33.3 Å². The van der Waals surface area contributed by atoms with Crippen LogP contribution in [0.4, 0.5) is 0 Å². The van der Waals surface area contributed by atoms with Gasteiger partial charge in [0.25, 0.3) is 0 Å². The molecule has 0 radical (unpaired) electrons. The van der Waals surface area contributed by atoms with Crippen LogP contribution in [-0.2, 0) is 11.3 Å². The van der Waals surface area contributed by atoms with Gasteiger partial charge in [0.1, 0.15) is 6.10 Å². The smallest absolute Gasteiger partial charge is 0.146 e. The maximum Gasteiger partial charge on any atom is 0.146 e. The average Bonchev–Trinajstić information content (AvgIpc) is 2.33. The Balaban J connectivity index is 0.00000106. The van der Waals surface area contributed by atoms with Gasteiger partial charge in [0.2, 0.25) is 0 Å². The van der Waals surface area contributed by atoms with E-state index in [9.17, 15) is 0 Å². The summed E-state index contributed by atoms with van der Waals surface area (Å²) in [6, 6.07) is 12.0. The molecule has 2 nitrogen and oxygen atoms in total. The van der Waals surface area contributed by atoms with Gasteiger partial charge >= 0.3 is 0 Å². The zero-order chi connectivity index (χ0) is 12.4. The zero-order valence-corrected chi connectivity index (χ0v) is 10.6. The Kier molecular flexibility index (Phi) is 8.19. The number of nitrogens with zero attached hydrogens (tertiary/aromatic N) is 1. The molecule has 0 bridgehead atoms. The van der Waals surface area contributed by atoms with E-state index in [1.807, 2.05) is 58.0 Å². The highest BCUT2D eigenvalue weighted by Crippen LogP contribution is 2.09. The Morgan fingerprint density at radius 2 is 1.75 bits per heavy atom. The lowest BCUT2D eigenvalue weighted by molar-refractivity contribution is 0.0479. The SMILES string of the molecule is CC.CC(C)C(C#N)OCc1ccccc1. The molecule has 0 aliphatic carbocycles. The lowest BCUT2D eigenvalue weighted by Crippen LogP contribution is -2.17. The molecular formula is C14H21NO. The topological polar surface area (TPSA) is 33.0 Å². The van der Waals surface area contributed by atoms with Crippen LogP contribution >= 0.6 is 0 Å². The number of ether oxygens (including phenoxy) is 1. The number of hydrogen-bond donors (Lipinski definition) is 0. The first kappa shape index (κ1) is 14.7. The maximum atomic E-state index is 8.80. The number of hydrogen-bond acceptors (Lipinski definition) is 2. The van der Waals surface area contributed by atoms with Gasteiger partial charge in [0.15, 0.2) is 0 Å². The van der Waals surface area contributed by atoms with E-state index < -0.39 is 0 Å². The molecule has 0 saturated carbocycles. The Morgan fingerprint density at radius 3 is 2.19 bits per heavy atom. The van der Waals surface area contributed by atoms with E-state index in [0.29, 0.717) is 6.61 Å². The van der Waals surface area contributed by atoms with E-state index in [1.54, 1.807) is 0 Å². The second-order valence-electron chi connectivity index (χ2n) is 3.59. The van der Waals surface area contributed by atoms with E-state index in [2.05, 4.69) is 6.07 Å². The standard InChI is InChI=1S/C12H15NO.C2H6/c1-10(2)12(8-13)14-9-11-6-4-3-5-7-11;1-2/h3-7,10,12H,9H2,1-2H3;1-2H3. The normalized spacial score (nSPS) is 11.2. The fourth-order valence-corrected chi connectivity index (χ4v) is 1.14. The highest BCUT2D eigenvalue weighted by molar-refractivity contribution is 5.13. The molecule has 0 heterocycles. The summed E-state index contributed by atoms with van der Waals surface area (Å²) in [6.07, 6.45) is -0.310. The minimum atomic E-state index is -0.310. The summed E-state index contributed by atoms with van der Waals surface area (Å²) in [7, 11) is 0. The molecule has 16 heavy (non-hydrogen) atoms. The van der Waals surface area contributed by atoms with Gasteiger partial charge in [-0.3, -0.25) is 0 Å². The van der Waals surface area contributed by atoms with Gasteiger partial charge in [-0.15, -0.1) is 0 Å². The lowest BCUT2D eigenvalue weighted by Gasteiger charge is -2.13. The van der Waals surface area contributed by atoms with Crippen LogP contribution in [0.3, 0.4) is 0 Å². The summed E-state index contributed by atoms with van der Waals surface area (Å²) >= 11 is 0. The highest BCUT2D eigenvalue weighted by Gasteiger charge is 2.11. The van der Waals surface area contributed by atoms with E-state index >= 15 is 0 Å². The molecule has 0 N–H and O–H groups in total. The molecule has 0 aliphatic rings. The van der Waals surface area contributed by atoms with Gasteiger partial charge in [-0.2, -0.15) is 5.26 Å². The van der Waals surface area contributed by atoms with E-state index in [-0.39, 0.29) is 12.0 Å². The molecule has 0 aromatic heterocycles. The number of rotatable bonds is 4. The third-order valence-electron chi connectivity index (χ3n) is 2.01. The number of benzene rings is 1. The molecule has 1 aromatic rings. The van der Waals surface area contributed by atoms with Crippen molar-refractivity contribution in [3.63, 3.8) is 0 Å². The van der Waals surface area contributed by atoms with E-state index in [0.717, 1.165) is 5.56 Å². The molecular weight excluding hydrogens is 198 g/mol. The highest BCUT2D eigenvalue weighted by atomic mass is 16.5. The van der Waals surface area contributed by atoms with E-state index in [1.165, 1.54) is 0 Å². The van der Waals surface area contributed by atoms with Crippen LogP contribution in [0, 0.1) is 17.2 Å². The summed E-state index contributed by atoms with van der Waals surface area (Å²) in [6.45, 7) is 8.48. The maximum absolute atomic E-state index is 8.80. The van der Waals surface area contributed by atoms with Crippen molar-refractivity contribution in [2.45, 2.75) is 40.4 Å². The Bertz CT molecular complexity index is 300. The molecule has 1 aromatic carbocycles. The summed E-state index contributed by atoms with van der Waals surface area (Å²) in [5.41, 5.74) is 1.11. The van der Waals surface area contributed by atoms with Crippen molar-refractivity contribution in [1.29, 1.82) is 5.26 Å². The van der Waals surface area contributed by atoms with Crippen molar-refractivity contribution in [2.75, 3.05) is 0 Å². The quantitative estimate of drug-likeness (QED) is 0.772. The van der Waals surface area contributed by atoms with Gasteiger partial charge in [-0.1, -0.05) is 58.0 Å². The summed E-state index contributed by atoms with van der Waals surface area (Å²) < 4.78 is 5.48. The minimum Gasteiger partial charge on any atom is -0.358 e. The van der Waals surface area contributed by atoms with Crippen molar-refractivity contribution in [3.8, 4) is 6.07 Å². The molecule has 1 unspecified atom stereocenters. The molecule has 0 spiro atoms. The molecule has 0 aliphatic heterocycles. The van der Waals surface area contributed by atoms with Crippen molar-refractivity contribution >= 4 is 0 Å². The van der Waals surface area contributed by atoms with Crippen LogP contribution < -0.4 is 0 Å². The van der Waals surface area contributed by atoms with Crippen LogP contribution in [0.15, 0.2) is 30.3 Å². The molecule has 2 heteroatoms. The molecule has 0 amide bonds. The van der Waals surface area contributed by atoms with Crippen LogP contribution in [0.2, 0.25) is 0 Å². The number of nitriles is 1. The van der Waals surface area contributed by atoms with Crippen LogP contribution in [0.5, 0.6) is 0 Å². The third-order valence-corrected chi connectivity index (χ3v) is 2.01. The Labute approximate surface area is 98.9 Å². The zero-order valence-electron chi connectivity index (χ0n) is 10.6. The molecule has 1 rings (SSSR count). The molecule has 0 saturated heterocycles. The third kappa shape index (κ3) is 5.53. The van der Waals surface area contributed by atoms with Gasteiger partial charge < -0.3 is 4.74 Å². The van der Waals surface area contributed by atoms with Crippen molar-refractivity contribution in [2.24, 2.45) is 5.92 Å². The van der Waals surface area contributed by atoms with E-state index in [4.69, 9.17) is 10.00 Å². The van der Waals surface area contributed by atoms with Gasteiger partial charge in [-0.05, 0) is 11.5 Å². The fraction of sp³-hybridized carbons (Fsp3) is 0.500. The molecule has 0 fully saturated rings. The monoisotopic (exact) mass is 219 g/mol. The van der Waals surface area contributed by atoms with Crippen LogP contribution in [0.25, 0.3) is 0 Å². The van der Waals surface area contributed by atoms with Crippen molar-refractivity contribution in [3.05, 3.63) is 35.9 Å². The predicted octanol–water partition coefficient (Wildman–Crippen LogP) is 3.78. The van der Waals surface area contributed by atoms with Gasteiger partial charge in [0, 0.05) is 0 Å². The Morgan fingerprint density at radius 1 is 1.19 bits per heavy atom. The fourth-order valence-electron chi connectivity index (χ4n) is 1.14. The van der Waals surface area contributed by atoms with Crippen molar-refractivity contribution < 1.29 is 4.74 Å².